The summed E-state index contributed by atoms with van der Waals surface area (Å²) in [5, 5.41) is 3.22. The molecule has 3 rings (SSSR count). The molecule has 1 saturated carbocycles. The minimum atomic E-state index is 0.826. The SMILES string of the molecule is CNc1ncccc1CN1CCCC2CCCCC21. The lowest BCUT2D eigenvalue weighted by atomic mass is 9.78. The summed E-state index contributed by atoms with van der Waals surface area (Å²) in [6.07, 6.45) is 10.4. The molecule has 3 nitrogen and oxygen atoms in total. The van der Waals surface area contributed by atoms with E-state index >= 15 is 0 Å². The second kappa shape index (κ2) is 5.91. The molecule has 2 unspecified atom stereocenters. The van der Waals surface area contributed by atoms with Gasteiger partial charge in [0.15, 0.2) is 0 Å². The van der Waals surface area contributed by atoms with Crippen LogP contribution in [0.2, 0.25) is 0 Å². The van der Waals surface area contributed by atoms with Crippen molar-refractivity contribution in [2.75, 3.05) is 18.9 Å². The summed E-state index contributed by atoms with van der Waals surface area (Å²) >= 11 is 0. The van der Waals surface area contributed by atoms with Gasteiger partial charge in [0.05, 0.1) is 0 Å². The number of pyridine rings is 1. The molecule has 2 atom stereocenters. The molecule has 1 aliphatic heterocycles. The van der Waals surface area contributed by atoms with Gasteiger partial charge in [-0.1, -0.05) is 18.9 Å². The molecule has 0 amide bonds. The summed E-state index contributed by atoms with van der Waals surface area (Å²) in [4.78, 5) is 7.14. The maximum Gasteiger partial charge on any atom is 0.130 e. The van der Waals surface area contributed by atoms with E-state index in [1.54, 1.807) is 0 Å². The molecule has 0 bridgehead atoms. The highest BCUT2D eigenvalue weighted by Crippen LogP contribution is 2.36. The third kappa shape index (κ3) is 2.76. The summed E-state index contributed by atoms with van der Waals surface area (Å²) in [5.41, 5.74) is 1.34. The van der Waals surface area contributed by atoms with Crippen LogP contribution in [-0.4, -0.2) is 29.5 Å². The van der Waals surface area contributed by atoms with E-state index in [0.717, 1.165) is 24.3 Å². The highest BCUT2D eigenvalue weighted by atomic mass is 15.2. The molecule has 1 N–H and O–H groups in total. The minimum Gasteiger partial charge on any atom is -0.373 e. The lowest BCUT2D eigenvalue weighted by Gasteiger charge is -2.44. The van der Waals surface area contributed by atoms with Gasteiger partial charge in [-0.2, -0.15) is 0 Å². The van der Waals surface area contributed by atoms with E-state index in [0.29, 0.717) is 0 Å². The molecule has 2 fully saturated rings. The largest absolute Gasteiger partial charge is 0.373 e. The third-order valence-electron chi connectivity index (χ3n) is 4.86. The van der Waals surface area contributed by atoms with Crippen molar-refractivity contribution in [2.45, 2.75) is 51.1 Å². The van der Waals surface area contributed by atoms with Gasteiger partial charge in [0.25, 0.3) is 0 Å². The Morgan fingerprint density at radius 3 is 3.00 bits per heavy atom. The molecule has 2 aliphatic rings. The zero-order valence-corrected chi connectivity index (χ0v) is 11.9. The number of likely N-dealkylation sites (tertiary alicyclic amines) is 1. The molecule has 1 aromatic rings. The van der Waals surface area contributed by atoms with Gasteiger partial charge in [-0.25, -0.2) is 4.98 Å². The Labute approximate surface area is 116 Å². The maximum absolute atomic E-state index is 4.43. The Balaban J connectivity index is 1.74. The molecule has 0 aromatic carbocycles. The number of rotatable bonds is 3. The lowest BCUT2D eigenvalue weighted by Crippen LogP contribution is -2.46. The lowest BCUT2D eigenvalue weighted by molar-refractivity contribution is 0.0548. The second-order valence-corrected chi connectivity index (χ2v) is 5.99. The Morgan fingerprint density at radius 1 is 1.26 bits per heavy atom. The van der Waals surface area contributed by atoms with Crippen LogP contribution in [0.25, 0.3) is 0 Å². The zero-order chi connectivity index (χ0) is 13.1. The van der Waals surface area contributed by atoms with Crippen LogP contribution in [0.3, 0.4) is 0 Å². The molecule has 104 valence electrons. The van der Waals surface area contributed by atoms with E-state index < -0.39 is 0 Å². The Bertz CT molecular complexity index is 416. The van der Waals surface area contributed by atoms with Crippen LogP contribution in [-0.2, 0) is 6.54 Å². The molecular formula is C16H25N3. The Hall–Kier alpha value is -1.09. The van der Waals surface area contributed by atoms with Crippen LogP contribution in [0.15, 0.2) is 18.3 Å². The zero-order valence-electron chi connectivity index (χ0n) is 11.9. The first-order chi connectivity index (χ1) is 9.38. The van der Waals surface area contributed by atoms with Gasteiger partial charge in [-0.15, -0.1) is 0 Å². The van der Waals surface area contributed by atoms with Gasteiger partial charge < -0.3 is 5.32 Å². The van der Waals surface area contributed by atoms with Crippen molar-refractivity contribution in [3.8, 4) is 0 Å². The number of anilines is 1. The summed E-state index contributed by atoms with van der Waals surface area (Å²) in [6.45, 7) is 2.32. The number of fused-ring (bicyclic) bond motifs is 1. The molecule has 0 radical (unpaired) electrons. The number of nitrogens with one attached hydrogen (secondary N) is 1. The summed E-state index contributed by atoms with van der Waals surface area (Å²) in [5.74, 6) is 2.00. The van der Waals surface area contributed by atoms with Crippen molar-refractivity contribution < 1.29 is 0 Å². The van der Waals surface area contributed by atoms with Crippen molar-refractivity contribution >= 4 is 5.82 Å². The number of hydrogen-bond acceptors (Lipinski definition) is 3. The van der Waals surface area contributed by atoms with Crippen molar-refractivity contribution in [1.82, 2.24) is 9.88 Å². The Kier molecular flexibility index (Phi) is 4.02. The van der Waals surface area contributed by atoms with Gasteiger partial charge in [0, 0.05) is 31.4 Å². The predicted octanol–water partition coefficient (Wildman–Crippen LogP) is 3.28. The van der Waals surface area contributed by atoms with Gasteiger partial charge in [-0.3, -0.25) is 4.90 Å². The summed E-state index contributed by atoms with van der Waals surface area (Å²) in [6, 6.07) is 5.09. The topological polar surface area (TPSA) is 28.2 Å². The first-order valence-corrected chi connectivity index (χ1v) is 7.74. The van der Waals surface area contributed by atoms with Crippen LogP contribution in [0, 0.1) is 5.92 Å². The minimum absolute atomic E-state index is 0.826. The Morgan fingerprint density at radius 2 is 2.11 bits per heavy atom. The number of nitrogens with zero attached hydrogens (tertiary/aromatic N) is 2. The van der Waals surface area contributed by atoms with Gasteiger partial charge >= 0.3 is 0 Å². The highest BCUT2D eigenvalue weighted by molar-refractivity contribution is 5.42. The normalized spacial score (nSPS) is 27.8. The van der Waals surface area contributed by atoms with Crippen LogP contribution in [0.4, 0.5) is 5.82 Å². The van der Waals surface area contributed by atoms with Gasteiger partial charge in [0.1, 0.15) is 5.82 Å². The van der Waals surface area contributed by atoms with E-state index in [1.165, 1.54) is 50.6 Å². The summed E-state index contributed by atoms with van der Waals surface area (Å²) < 4.78 is 0. The van der Waals surface area contributed by atoms with Crippen molar-refractivity contribution in [3.63, 3.8) is 0 Å². The fraction of sp³-hybridized carbons (Fsp3) is 0.688. The van der Waals surface area contributed by atoms with E-state index in [-0.39, 0.29) is 0 Å². The maximum atomic E-state index is 4.43. The summed E-state index contributed by atoms with van der Waals surface area (Å²) in [7, 11) is 1.96. The van der Waals surface area contributed by atoms with Gasteiger partial charge in [0.2, 0.25) is 0 Å². The van der Waals surface area contributed by atoms with E-state index in [2.05, 4.69) is 27.3 Å². The van der Waals surface area contributed by atoms with Crippen LogP contribution < -0.4 is 5.32 Å². The van der Waals surface area contributed by atoms with Crippen LogP contribution in [0.5, 0.6) is 0 Å². The quantitative estimate of drug-likeness (QED) is 0.903. The fourth-order valence-corrected chi connectivity index (χ4v) is 3.93. The number of hydrogen-bond donors (Lipinski definition) is 1. The van der Waals surface area contributed by atoms with Crippen LogP contribution in [0.1, 0.15) is 44.1 Å². The highest BCUT2D eigenvalue weighted by Gasteiger charge is 2.33. The molecular weight excluding hydrogens is 234 g/mol. The molecule has 1 aliphatic carbocycles. The number of aromatic nitrogens is 1. The van der Waals surface area contributed by atoms with Crippen LogP contribution >= 0.6 is 0 Å². The molecule has 1 saturated heterocycles. The first-order valence-electron chi connectivity index (χ1n) is 7.74. The van der Waals surface area contributed by atoms with Crippen molar-refractivity contribution in [2.24, 2.45) is 5.92 Å². The number of piperidine rings is 1. The standard InChI is InChI=1S/C16H25N3/c1-17-16-14(7-4-10-18-16)12-19-11-5-8-13-6-2-3-9-15(13)19/h4,7,10,13,15H,2-3,5-6,8-9,11-12H2,1H3,(H,17,18). The second-order valence-electron chi connectivity index (χ2n) is 5.99. The molecule has 2 heterocycles. The molecule has 3 heteroatoms. The third-order valence-corrected chi connectivity index (χ3v) is 4.86. The van der Waals surface area contributed by atoms with E-state index in [1.807, 2.05) is 13.2 Å². The average molecular weight is 259 g/mol. The predicted molar refractivity (Wildman–Crippen MR) is 79.2 cm³/mol. The molecule has 1 aromatic heterocycles. The van der Waals surface area contributed by atoms with E-state index in [9.17, 15) is 0 Å². The monoisotopic (exact) mass is 259 g/mol. The molecule has 19 heavy (non-hydrogen) atoms. The molecule has 0 spiro atoms. The van der Waals surface area contributed by atoms with E-state index in [4.69, 9.17) is 0 Å². The smallest absolute Gasteiger partial charge is 0.130 e. The van der Waals surface area contributed by atoms with Crippen molar-refractivity contribution in [3.05, 3.63) is 23.9 Å². The fourth-order valence-electron chi connectivity index (χ4n) is 3.93. The average Bonchev–Trinajstić information content (AvgIpc) is 2.48. The first kappa shape index (κ1) is 12.9. The van der Waals surface area contributed by atoms with Gasteiger partial charge in [-0.05, 0) is 44.2 Å². The van der Waals surface area contributed by atoms with Crippen molar-refractivity contribution in [1.29, 1.82) is 0 Å².